The highest BCUT2D eigenvalue weighted by Gasteiger charge is 2.27. The molecular weight excluding hydrogens is 296 g/mol. The lowest BCUT2D eigenvalue weighted by Gasteiger charge is -2.25. The van der Waals surface area contributed by atoms with Gasteiger partial charge < -0.3 is 15.6 Å². The first-order valence-electron chi connectivity index (χ1n) is 6.25. The van der Waals surface area contributed by atoms with Gasteiger partial charge in [0, 0.05) is 12.1 Å². The zero-order valence-electron chi connectivity index (χ0n) is 12.2. The Bertz CT molecular complexity index is 625. The van der Waals surface area contributed by atoms with Crippen LogP contribution in [0.15, 0.2) is 23.1 Å². The summed E-state index contributed by atoms with van der Waals surface area (Å²) in [7, 11) is -2.63. The van der Waals surface area contributed by atoms with Gasteiger partial charge in [-0.2, -0.15) is 0 Å². The summed E-state index contributed by atoms with van der Waals surface area (Å²) in [6.45, 7) is 3.16. The van der Waals surface area contributed by atoms with Crippen molar-refractivity contribution in [2.75, 3.05) is 19.5 Å². The molecule has 0 amide bonds. The number of aliphatic hydroxyl groups is 1. The number of ether oxygens (including phenoxy) is 1. The molecule has 0 heterocycles. The molecule has 0 atom stereocenters. The normalized spacial score (nSPS) is 12.2. The predicted molar refractivity (Wildman–Crippen MR) is 78.3 cm³/mol. The third kappa shape index (κ3) is 4.42. The van der Waals surface area contributed by atoms with Gasteiger partial charge in [-0.05, 0) is 38.5 Å². The summed E-state index contributed by atoms with van der Waals surface area (Å²) in [5, 5.41) is 8.94. The molecule has 8 heteroatoms. The number of carbonyl (C=O) groups is 1. The third-order valence-electron chi connectivity index (χ3n) is 2.87. The smallest absolute Gasteiger partial charge is 0.337 e. The van der Waals surface area contributed by atoms with E-state index in [1.54, 1.807) is 13.8 Å². The maximum absolute atomic E-state index is 12.3. The molecule has 0 saturated heterocycles. The summed E-state index contributed by atoms with van der Waals surface area (Å²) in [5.41, 5.74) is 5.02. The number of benzene rings is 1. The van der Waals surface area contributed by atoms with Crippen LogP contribution >= 0.6 is 0 Å². The van der Waals surface area contributed by atoms with Crippen LogP contribution < -0.4 is 10.5 Å². The average Bonchev–Trinajstić information content (AvgIpc) is 2.35. The molecule has 0 aliphatic carbocycles. The fourth-order valence-corrected chi connectivity index (χ4v) is 3.34. The monoisotopic (exact) mass is 316 g/mol. The standard InChI is InChI=1S/C13H20N2O5S/c1-13(2,6-7-16)15-21(18,19)11-5-4-9(8-10(11)14)12(17)20-3/h4-5,8,15-16H,6-7,14H2,1-3H3. The number of sulfonamides is 1. The molecule has 4 N–H and O–H groups in total. The van der Waals surface area contributed by atoms with Crippen LogP contribution in [-0.2, 0) is 14.8 Å². The fourth-order valence-electron chi connectivity index (χ4n) is 1.79. The molecule has 1 aromatic rings. The van der Waals surface area contributed by atoms with Gasteiger partial charge in [0.2, 0.25) is 10.0 Å². The lowest BCUT2D eigenvalue weighted by Crippen LogP contribution is -2.44. The van der Waals surface area contributed by atoms with E-state index in [9.17, 15) is 13.2 Å². The van der Waals surface area contributed by atoms with Crippen molar-refractivity contribution in [1.29, 1.82) is 0 Å². The van der Waals surface area contributed by atoms with Gasteiger partial charge in [0.15, 0.2) is 0 Å². The molecule has 7 nitrogen and oxygen atoms in total. The fraction of sp³-hybridized carbons (Fsp3) is 0.462. The zero-order valence-corrected chi connectivity index (χ0v) is 13.0. The second kappa shape index (κ2) is 6.42. The maximum atomic E-state index is 12.3. The zero-order chi connectivity index (χ0) is 16.3. The van der Waals surface area contributed by atoms with Crippen molar-refractivity contribution in [3.05, 3.63) is 23.8 Å². The average molecular weight is 316 g/mol. The maximum Gasteiger partial charge on any atom is 0.337 e. The van der Waals surface area contributed by atoms with Crippen molar-refractivity contribution in [3.8, 4) is 0 Å². The molecule has 0 aliphatic heterocycles. The lowest BCUT2D eigenvalue weighted by atomic mass is 10.0. The first-order chi connectivity index (χ1) is 9.63. The molecule has 1 aromatic carbocycles. The third-order valence-corrected chi connectivity index (χ3v) is 4.64. The Hall–Kier alpha value is -1.64. The largest absolute Gasteiger partial charge is 0.465 e. The first-order valence-corrected chi connectivity index (χ1v) is 7.74. The van der Waals surface area contributed by atoms with Crippen molar-refractivity contribution in [3.63, 3.8) is 0 Å². The number of anilines is 1. The molecule has 0 bridgehead atoms. The first kappa shape index (κ1) is 17.4. The number of nitrogen functional groups attached to an aromatic ring is 1. The summed E-state index contributed by atoms with van der Waals surface area (Å²) >= 11 is 0. The highest BCUT2D eigenvalue weighted by Crippen LogP contribution is 2.22. The number of rotatable bonds is 6. The highest BCUT2D eigenvalue weighted by molar-refractivity contribution is 7.89. The van der Waals surface area contributed by atoms with Gasteiger partial charge in [0.05, 0.1) is 18.4 Å². The van der Waals surface area contributed by atoms with E-state index in [-0.39, 0.29) is 29.2 Å². The van der Waals surface area contributed by atoms with Gasteiger partial charge in [-0.25, -0.2) is 17.9 Å². The Morgan fingerprint density at radius 3 is 2.52 bits per heavy atom. The van der Waals surface area contributed by atoms with Crippen LogP contribution in [0.5, 0.6) is 0 Å². The van der Waals surface area contributed by atoms with E-state index >= 15 is 0 Å². The topological polar surface area (TPSA) is 119 Å². The molecule has 1 rings (SSSR count). The van der Waals surface area contributed by atoms with E-state index < -0.39 is 21.5 Å². The molecule has 0 unspecified atom stereocenters. The number of carbonyl (C=O) groups excluding carboxylic acids is 1. The van der Waals surface area contributed by atoms with E-state index in [4.69, 9.17) is 10.8 Å². The summed E-state index contributed by atoms with van der Waals surface area (Å²) in [4.78, 5) is 11.2. The Labute approximate surface area is 124 Å². The van der Waals surface area contributed by atoms with Crippen LogP contribution in [-0.4, -0.2) is 38.7 Å². The molecule has 0 spiro atoms. The van der Waals surface area contributed by atoms with Crippen LogP contribution in [0.4, 0.5) is 5.69 Å². The van der Waals surface area contributed by atoms with E-state index in [0.717, 1.165) is 0 Å². The molecule has 118 valence electrons. The van der Waals surface area contributed by atoms with E-state index in [2.05, 4.69) is 9.46 Å². The minimum atomic E-state index is -3.86. The molecule has 0 aliphatic rings. The van der Waals surface area contributed by atoms with Crippen LogP contribution in [0.2, 0.25) is 0 Å². The second-order valence-electron chi connectivity index (χ2n) is 5.21. The molecular formula is C13H20N2O5S. The molecule has 0 radical (unpaired) electrons. The van der Waals surface area contributed by atoms with Crippen molar-refractivity contribution in [2.24, 2.45) is 0 Å². The van der Waals surface area contributed by atoms with E-state index in [0.29, 0.717) is 0 Å². The molecule has 21 heavy (non-hydrogen) atoms. The quantitative estimate of drug-likeness (QED) is 0.519. The van der Waals surface area contributed by atoms with Crippen LogP contribution in [0, 0.1) is 0 Å². The number of hydrogen-bond acceptors (Lipinski definition) is 6. The minimum Gasteiger partial charge on any atom is -0.465 e. The number of esters is 1. The predicted octanol–water partition coefficient (Wildman–Crippen LogP) is 0.495. The highest BCUT2D eigenvalue weighted by atomic mass is 32.2. The van der Waals surface area contributed by atoms with Crippen molar-refractivity contribution < 1.29 is 23.1 Å². The van der Waals surface area contributed by atoms with E-state index in [1.165, 1.54) is 25.3 Å². The second-order valence-corrected chi connectivity index (χ2v) is 6.86. The van der Waals surface area contributed by atoms with Crippen LogP contribution in [0.25, 0.3) is 0 Å². The number of aliphatic hydroxyl groups excluding tert-OH is 1. The van der Waals surface area contributed by atoms with Gasteiger partial charge >= 0.3 is 5.97 Å². The van der Waals surface area contributed by atoms with Gasteiger partial charge in [-0.1, -0.05) is 0 Å². The Morgan fingerprint density at radius 1 is 1.43 bits per heavy atom. The van der Waals surface area contributed by atoms with Crippen LogP contribution in [0.1, 0.15) is 30.6 Å². The van der Waals surface area contributed by atoms with Gasteiger partial charge in [0.1, 0.15) is 4.90 Å². The number of hydrogen-bond donors (Lipinski definition) is 3. The molecule has 0 aromatic heterocycles. The summed E-state index contributed by atoms with van der Waals surface area (Å²) in [6.07, 6.45) is 0.256. The van der Waals surface area contributed by atoms with Crippen LogP contribution in [0.3, 0.4) is 0 Å². The van der Waals surface area contributed by atoms with Gasteiger partial charge in [-0.15, -0.1) is 0 Å². The summed E-state index contributed by atoms with van der Waals surface area (Å²) in [5.74, 6) is -0.598. The Balaban J connectivity index is 3.13. The van der Waals surface area contributed by atoms with Gasteiger partial charge in [0.25, 0.3) is 0 Å². The number of nitrogens with two attached hydrogens (primary N) is 1. The van der Waals surface area contributed by atoms with Crippen molar-refractivity contribution in [1.82, 2.24) is 4.72 Å². The summed E-state index contributed by atoms with van der Waals surface area (Å²) in [6, 6.07) is 3.83. The van der Waals surface area contributed by atoms with E-state index in [1.807, 2.05) is 0 Å². The Morgan fingerprint density at radius 2 is 2.05 bits per heavy atom. The van der Waals surface area contributed by atoms with Crippen molar-refractivity contribution >= 4 is 21.7 Å². The minimum absolute atomic E-state index is 0.0507. The number of methoxy groups -OCH3 is 1. The van der Waals surface area contributed by atoms with Gasteiger partial charge in [-0.3, -0.25) is 0 Å². The lowest BCUT2D eigenvalue weighted by molar-refractivity contribution is 0.0600. The molecule has 0 fully saturated rings. The molecule has 0 saturated carbocycles. The SMILES string of the molecule is COC(=O)c1ccc(S(=O)(=O)NC(C)(C)CCO)c(N)c1. The van der Waals surface area contributed by atoms with Crippen molar-refractivity contribution in [2.45, 2.75) is 30.7 Å². The summed E-state index contributed by atoms with van der Waals surface area (Å²) < 4.78 is 31.6. The Kier molecular flexibility index (Phi) is 5.32. The number of nitrogens with one attached hydrogen (secondary N) is 1.